The largest absolute Gasteiger partial charge is 0.395 e. The van der Waals surface area contributed by atoms with Crippen LogP contribution < -0.4 is 10.6 Å². The third-order valence-corrected chi connectivity index (χ3v) is 2.96. The van der Waals surface area contributed by atoms with E-state index >= 15 is 0 Å². The first kappa shape index (κ1) is 12.0. The van der Waals surface area contributed by atoms with Crippen LogP contribution in [0.2, 0.25) is 0 Å². The zero-order chi connectivity index (χ0) is 12.4. The lowest BCUT2D eigenvalue weighted by Gasteiger charge is -2.18. The summed E-state index contributed by atoms with van der Waals surface area (Å²) in [5, 5.41) is 14.8. The second-order valence-corrected chi connectivity index (χ2v) is 4.11. The number of carbonyl (C=O) groups excluding carboxylic acids is 1. The molecular weight excluding hydrogens is 223 g/mol. The second-order valence-electron chi connectivity index (χ2n) is 4.11. The van der Waals surface area contributed by atoms with Crippen molar-refractivity contribution in [2.75, 3.05) is 11.9 Å². The number of aliphatic hydroxyl groups is 1. The molecule has 5 heteroatoms. The summed E-state index contributed by atoms with van der Waals surface area (Å²) in [4.78, 5) is 11.7. The molecule has 92 valence electrons. The molecule has 2 rings (SSSR count). The fraction of sp³-hybridized carbons (Fsp3) is 0.417. The summed E-state index contributed by atoms with van der Waals surface area (Å²) in [6, 6.07) is 3.57. The van der Waals surface area contributed by atoms with Crippen molar-refractivity contribution in [3.05, 3.63) is 29.6 Å². The summed E-state index contributed by atoms with van der Waals surface area (Å²) in [5.41, 5.74) is 1.23. The first-order valence-corrected chi connectivity index (χ1v) is 5.63. The number of halogens is 1. The van der Waals surface area contributed by atoms with E-state index in [4.69, 9.17) is 5.11 Å². The van der Waals surface area contributed by atoms with Crippen LogP contribution in [0.3, 0.4) is 0 Å². The van der Waals surface area contributed by atoms with Crippen molar-refractivity contribution in [1.82, 2.24) is 5.32 Å². The number of carbonyl (C=O) groups is 1. The fourth-order valence-electron chi connectivity index (χ4n) is 1.94. The molecule has 0 aromatic heterocycles. The number of hydrogen-bond donors (Lipinski definition) is 3. The van der Waals surface area contributed by atoms with E-state index in [1.54, 1.807) is 6.07 Å². The molecule has 0 saturated carbocycles. The lowest BCUT2D eigenvalue weighted by molar-refractivity contribution is -0.117. The SMILES string of the molecule is CCC(CO)NC1C(=O)Nc2cc(F)ccc21. The van der Waals surface area contributed by atoms with Crippen molar-refractivity contribution < 1.29 is 14.3 Å². The summed E-state index contributed by atoms with van der Waals surface area (Å²) < 4.78 is 13.0. The maximum Gasteiger partial charge on any atom is 0.246 e. The zero-order valence-electron chi connectivity index (χ0n) is 9.53. The van der Waals surface area contributed by atoms with Crippen LogP contribution in [0, 0.1) is 5.82 Å². The van der Waals surface area contributed by atoms with Crippen LogP contribution in [0.4, 0.5) is 10.1 Å². The predicted octanol–water partition coefficient (Wildman–Crippen LogP) is 1.18. The maximum absolute atomic E-state index is 13.0. The quantitative estimate of drug-likeness (QED) is 0.738. The lowest BCUT2D eigenvalue weighted by atomic mass is 10.1. The van der Waals surface area contributed by atoms with Gasteiger partial charge in [0.25, 0.3) is 0 Å². The Morgan fingerprint density at radius 2 is 2.35 bits per heavy atom. The Hall–Kier alpha value is -1.46. The van der Waals surface area contributed by atoms with Gasteiger partial charge < -0.3 is 10.4 Å². The minimum Gasteiger partial charge on any atom is -0.395 e. The Morgan fingerprint density at radius 3 is 3.00 bits per heavy atom. The van der Waals surface area contributed by atoms with Crippen LogP contribution in [-0.2, 0) is 4.79 Å². The van der Waals surface area contributed by atoms with Gasteiger partial charge in [0.05, 0.1) is 6.61 Å². The van der Waals surface area contributed by atoms with E-state index in [0.717, 1.165) is 12.0 Å². The Morgan fingerprint density at radius 1 is 1.59 bits per heavy atom. The molecule has 1 aromatic carbocycles. The van der Waals surface area contributed by atoms with E-state index in [0.29, 0.717) is 5.69 Å². The van der Waals surface area contributed by atoms with Crippen LogP contribution in [0.25, 0.3) is 0 Å². The number of aliphatic hydroxyl groups excluding tert-OH is 1. The Labute approximate surface area is 98.8 Å². The number of fused-ring (bicyclic) bond motifs is 1. The van der Waals surface area contributed by atoms with Crippen LogP contribution in [0.15, 0.2) is 18.2 Å². The molecule has 0 aliphatic carbocycles. The van der Waals surface area contributed by atoms with Gasteiger partial charge in [-0.3, -0.25) is 10.1 Å². The third kappa shape index (κ3) is 2.30. The standard InChI is InChI=1S/C12H15FN2O2/c1-2-8(6-16)14-11-9-4-3-7(13)5-10(9)15-12(11)17/h3-5,8,11,14,16H,2,6H2,1H3,(H,15,17). The van der Waals surface area contributed by atoms with Gasteiger partial charge in [-0.2, -0.15) is 0 Å². The third-order valence-electron chi connectivity index (χ3n) is 2.96. The highest BCUT2D eigenvalue weighted by Gasteiger charge is 2.31. The number of rotatable bonds is 4. The van der Waals surface area contributed by atoms with Crippen molar-refractivity contribution in [3.8, 4) is 0 Å². The van der Waals surface area contributed by atoms with Gasteiger partial charge >= 0.3 is 0 Å². The first-order valence-electron chi connectivity index (χ1n) is 5.63. The van der Waals surface area contributed by atoms with Gasteiger partial charge in [0.15, 0.2) is 0 Å². The number of hydrogen-bond acceptors (Lipinski definition) is 3. The van der Waals surface area contributed by atoms with E-state index in [1.165, 1.54) is 12.1 Å². The average Bonchev–Trinajstić information content (AvgIpc) is 2.61. The molecular formula is C12H15FN2O2. The monoisotopic (exact) mass is 238 g/mol. The van der Waals surface area contributed by atoms with Crippen molar-refractivity contribution in [1.29, 1.82) is 0 Å². The summed E-state index contributed by atoms with van der Waals surface area (Å²) >= 11 is 0. The smallest absolute Gasteiger partial charge is 0.246 e. The Balaban J connectivity index is 2.22. The van der Waals surface area contributed by atoms with E-state index < -0.39 is 6.04 Å². The molecule has 0 spiro atoms. The molecule has 4 nitrogen and oxygen atoms in total. The molecule has 1 aromatic rings. The van der Waals surface area contributed by atoms with Crippen molar-refractivity contribution in [2.45, 2.75) is 25.4 Å². The van der Waals surface area contributed by atoms with Crippen LogP contribution in [-0.4, -0.2) is 23.7 Å². The highest BCUT2D eigenvalue weighted by atomic mass is 19.1. The maximum atomic E-state index is 13.0. The lowest BCUT2D eigenvalue weighted by Crippen LogP contribution is -2.38. The Kier molecular flexibility index (Phi) is 3.40. The molecule has 0 bridgehead atoms. The minimum atomic E-state index is -0.511. The average molecular weight is 238 g/mol. The molecule has 1 aliphatic heterocycles. The predicted molar refractivity (Wildman–Crippen MR) is 62.1 cm³/mol. The van der Waals surface area contributed by atoms with Gasteiger partial charge in [0, 0.05) is 17.3 Å². The van der Waals surface area contributed by atoms with Gasteiger partial charge in [-0.15, -0.1) is 0 Å². The van der Waals surface area contributed by atoms with Gasteiger partial charge in [-0.25, -0.2) is 4.39 Å². The topological polar surface area (TPSA) is 61.4 Å². The van der Waals surface area contributed by atoms with Gasteiger partial charge in [-0.05, 0) is 18.6 Å². The molecule has 2 atom stereocenters. The highest BCUT2D eigenvalue weighted by Crippen LogP contribution is 2.31. The Bertz CT molecular complexity index is 433. The number of benzene rings is 1. The fourth-order valence-corrected chi connectivity index (χ4v) is 1.94. The molecule has 0 radical (unpaired) electrons. The van der Waals surface area contributed by atoms with Gasteiger partial charge in [0.2, 0.25) is 5.91 Å². The zero-order valence-corrected chi connectivity index (χ0v) is 9.53. The number of amides is 1. The number of nitrogens with one attached hydrogen (secondary N) is 2. The van der Waals surface area contributed by atoms with E-state index in [9.17, 15) is 9.18 Å². The van der Waals surface area contributed by atoms with E-state index in [1.807, 2.05) is 6.92 Å². The summed E-state index contributed by atoms with van der Waals surface area (Å²) in [5.74, 6) is -0.587. The second kappa shape index (κ2) is 4.81. The van der Waals surface area contributed by atoms with Crippen molar-refractivity contribution >= 4 is 11.6 Å². The van der Waals surface area contributed by atoms with Gasteiger partial charge in [-0.1, -0.05) is 13.0 Å². The van der Waals surface area contributed by atoms with E-state index in [-0.39, 0.29) is 24.4 Å². The molecule has 1 amide bonds. The summed E-state index contributed by atoms with van der Waals surface area (Å²) in [6.45, 7) is 1.89. The van der Waals surface area contributed by atoms with Crippen LogP contribution in [0.5, 0.6) is 0 Å². The summed E-state index contributed by atoms with van der Waals surface area (Å²) in [7, 11) is 0. The van der Waals surface area contributed by atoms with E-state index in [2.05, 4.69) is 10.6 Å². The normalized spacial score (nSPS) is 19.9. The molecule has 17 heavy (non-hydrogen) atoms. The molecule has 2 unspecified atom stereocenters. The molecule has 3 N–H and O–H groups in total. The van der Waals surface area contributed by atoms with Crippen molar-refractivity contribution in [2.24, 2.45) is 0 Å². The highest BCUT2D eigenvalue weighted by molar-refractivity contribution is 6.02. The minimum absolute atomic E-state index is 0.0309. The number of anilines is 1. The molecule has 0 saturated heterocycles. The van der Waals surface area contributed by atoms with Crippen molar-refractivity contribution in [3.63, 3.8) is 0 Å². The van der Waals surface area contributed by atoms with Crippen LogP contribution in [0.1, 0.15) is 24.9 Å². The molecule has 0 fully saturated rings. The van der Waals surface area contributed by atoms with Gasteiger partial charge in [0.1, 0.15) is 11.9 Å². The van der Waals surface area contributed by atoms with Crippen LogP contribution >= 0.6 is 0 Å². The summed E-state index contributed by atoms with van der Waals surface area (Å²) in [6.07, 6.45) is 0.719. The molecule has 1 heterocycles. The molecule has 1 aliphatic rings. The first-order chi connectivity index (χ1) is 8.15.